The molecule has 1 aliphatic rings. The first-order valence-electron chi connectivity index (χ1n) is 8.86. The van der Waals surface area contributed by atoms with Crippen molar-refractivity contribution < 1.29 is 9.30 Å². The second-order valence-corrected chi connectivity index (χ2v) is 10.2. The van der Waals surface area contributed by atoms with Crippen LogP contribution in [-0.2, 0) is 9.30 Å². The lowest BCUT2D eigenvalue weighted by Gasteiger charge is -2.39. The summed E-state index contributed by atoms with van der Waals surface area (Å²) in [7, 11) is -2.91. The van der Waals surface area contributed by atoms with Gasteiger partial charge in [-0.05, 0) is 11.4 Å². The molecule has 1 unspecified atom stereocenters. The third-order valence-corrected chi connectivity index (χ3v) is 9.34. The molecular weight excluding hydrogens is 361 g/mol. The maximum atomic E-state index is 14.8. The molecule has 1 aliphatic heterocycles. The molecule has 0 bridgehead atoms. The van der Waals surface area contributed by atoms with Crippen LogP contribution < -0.4 is 10.6 Å². The van der Waals surface area contributed by atoms with Crippen molar-refractivity contribution in [3.8, 4) is 0 Å². The Hall–Kier alpha value is -1.71. The quantitative estimate of drug-likeness (QED) is 0.622. The van der Waals surface area contributed by atoms with Crippen LogP contribution in [-0.4, -0.2) is 31.2 Å². The molecular formula is C21H22NO2PS. The standard InChI is InChI=1S/C21H22NO2PS/c23-25(18-8-3-1-4-9-18,19-10-5-2-6-11-19)21(20-12-7-17-26-20)22-13-15-24-16-14-22/h1-12,17,21H,13-16H2. The van der Waals surface area contributed by atoms with E-state index < -0.39 is 7.14 Å². The summed E-state index contributed by atoms with van der Waals surface area (Å²) < 4.78 is 20.4. The molecule has 0 N–H and O–H groups in total. The van der Waals surface area contributed by atoms with Gasteiger partial charge in [-0.2, -0.15) is 0 Å². The van der Waals surface area contributed by atoms with Crippen molar-refractivity contribution in [3.05, 3.63) is 83.1 Å². The molecule has 1 saturated heterocycles. The number of ether oxygens (including phenoxy) is 1. The molecule has 1 fully saturated rings. The molecule has 0 saturated carbocycles. The zero-order valence-corrected chi connectivity index (χ0v) is 16.2. The van der Waals surface area contributed by atoms with E-state index in [9.17, 15) is 4.57 Å². The van der Waals surface area contributed by atoms with E-state index in [-0.39, 0.29) is 5.78 Å². The fourth-order valence-electron chi connectivity index (χ4n) is 3.58. The minimum atomic E-state index is -2.91. The van der Waals surface area contributed by atoms with E-state index in [0.717, 1.165) is 28.6 Å². The van der Waals surface area contributed by atoms with Gasteiger partial charge >= 0.3 is 0 Å². The van der Waals surface area contributed by atoms with Crippen LogP contribution in [0.5, 0.6) is 0 Å². The van der Waals surface area contributed by atoms with Crippen LogP contribution in [0, 0.1) is 0 Å². The van der Waals surface area contributed by atoms with Gasteiger partial charge < -0.3 is 9.30 Å². The number of nitrogens with zero attached hydrogens (tertiary/aromatic N) is 1. The third-order valence-electron chi connectivity index (χ3n) is 4.81. The van der Waals surface area contributed by atoms with Gasteiger partial charge in [0.1, 0.15) is 5.78 Å². The molecule has 3 nitrogen and oxygen atoms in total. The molecule has 3 aromatic rings. The number of hydrogen-bond donors (Lipinski definition) is 0. The molecule has 5 heteroatoms. The molecule has 26 heavy (non-hydrogen) atoms. The summed E-state index contributed by atoms with van der Waals surface area (Å²) in [6.45, 7) is 2.97. The normalized spacial score (nSPS) is 17.1. The van der Waals surface area contributed by atoms with Gasteiger partial charge in [0.05, 0.1) is 13.2 Å². The Morgan fingerprint density at radius 3 is 1.92 bits per heavy atom. The topological polar surface area (TPSA) is 29.5 Å². The van der Waals surface area contributed by atoms with E-state index in [2.05, 4.69) is 16.3 Å². The van der Waals surface area contributed by atoms with E-state index >= 15 is 0 Å². The minimum absolute atomic E-state index is 0.156. The molecule has 0 radical (unpaired) electrons. The van der Waals surface area contributed by atoms with Crippen molar-refractivity contribution in [1.82, 2.24) is 4.90 Å². The average Bonchev–Trinajstić information content (AvgIpc) is 3.24. The minimum Gasteiger partial charge on any atom is -0.379 e. The highest BCUT2D eigenvalue weighted by atomic mass is 32.1. The van der Waals surface area contributed by atoms with Crippen molar-refractivity contribution in [1.29, 1.82) is 0 Å². The first-order valence-corrected chi connectivity index (χ1v) is 11.5. The Labute approximate surface area is 158 Å². The van der Waals surface area contributed by atoms with Crippen LogP contribution in [0.2, 0.25) is 0 Å². The summed E-state index contributed by atoms with van der Waals surface area (Å²) >= 11 is 1.69. The van der Waals surface area contributed by atoms with Gasteiger partial charge in [0.2, 0.25) is 0 Å². The highest BCUT2D eigenvalue weighted by Gasteiger charge is 2.42. The van der Waals surface area contributed by atoms with Crippen LogP contribution in [0.3, 0.4) is 0 Å². The van der Waals surface area contributed by atoms with E-state index in [0.29, 0.717) is 13.2 Å². The molecule has 1 atom stereocenters. The van der Waals surface area contributed by atoms with Crippen LogP contribution in [0.15, 0.2) is 78.2 Å². The number of hydrogen-bond acceptors (Lipinski definition) is 4. The Bertz CT molecular complexity index is 818. The number of morpholine rings is 1. The molecule has 0 spiro atoms. The smallest absolute Gasteiger partial charge is 0.164 e. The fourth-order valence-corrected chi connectivity index (χ4v) is 8.18. The lowest BCUT2D eigenvalue weighted by molar-refractivity contribution is 0.0313. The first-order chi connectivity index (χ1) is 12.8. The molecule has 2 heterocycles. The first kappa shape index (κ1) is 17.7. The maximum Gasteiger partial charge on any atom is 0.164 e. The summed E-state index contributed by atoms with van der Waals surface area (Å²) in [5, 5.41) is 3.90. The summed E-state index contributed by atoms with van der Waals surface area (Å²) in [5.74, 6) is -0.156. The highest BCUT2D eigenvalue weighted by Crippen LogP contribution is 2.59. The van der Waals surface area contributed by atoms with Gasteiger partial charge in [-0.3, -0.25) is 4.90 Å². The fraction of sp³-hybridized carbons (Fsp3) is 0.238. The van der Waals surface area contributed by atoms with Crippen LogP contribution in [0.1, 0.15) is 10.7 Å². The number of thiophene rings is 1. The molecule has 134 valence electrons. The highest BCUT2D eigenvalue weighted by molar-refractivity contribution is 7.79. The number of benzene rings is 2. The van der Waals surface area contributed by atoms with Gasteiger partial charge in [0.15, 0.2) is 7.14 Å². The van der Waals surface area contributed by atoms with E-state index in [1.807, 2.05) is 66.7 Å². The zero-order valence-electron chi connectivity index (χ0n) is 14.5. The van der Waals surface area contributed by atoms with Crippen LogP contribution >= 0.6 is 18.5 Å². The largest absolute Gasteiger partial charge is 0.379 e. The van der Waals surface area contributed by atoms with Gasteiger partial charge in [-0.15, -0.1) is 11.3 Å². The zero-order chi connectivity index (χ0) is 17.8. The van der Waals surface area contributed by atoms with Crippen molar-refractivity contribution in [2.24, 2.45) is 0 Å². The second kappa shape index (κ2) is 7.89. The van der Waals surface area contributed by atoms with Gasteiger partial charge in [0.25, 0.3) is 0 Å². The molecule has 4 rings (SSSR count). The Morgan fingerprint density at radius 2 is 1.42 bits per heavy atom. The lowest BCUT2D eigenvalue weighted by atomic mass is 10.3. The average molecular weight is 383 g/mol. The van der Waals surface area contributed by atoms with Gasteiger partial charge in [0, 0.05) is 28.6 Å². The summed E-state index contributed by atoms with van der Waals surface area (Å²) in [6.07, 6.45) is 0. The SMILES string of the molecule is O=P(c1ccccc1)(c1ccccc1)C(c1cccs1)N1CCOCC1. The predicted molar refractivity (Wildman–Crippen MR) is 109 cm³/mol. The van der Waals surface area contributed by atoms with Gasteiger partial charge in [-0.25, -0.2) is 0 Å². The van der Waals surface area contributed by atoms with Crippen molar-refractivity contribution >= 4 is 29.1 Å². The molecule has 1 aromatic heterocycles. The Morgan fingerprint density at radius 1 is 0.846 bits per heavy atom. The van der Waals surface area contributed by atoms with Gasteiger partial charge in [-0.1, -0.05) is 66.7 Å². The lowest BCUT2D eigenvalue weighted by Crippen LogP contribution is -2.41. The monoisotopic (exact) mass is 383 g/mol. The molecule has 2 aromatic carbocycles. The van der Waals surface area contributed by atoms with Crippen LogP contribution in [0.4, 0.5) is 0 Å². The van der Waals surface area contributed by atoms with Crippen LogP contribution in [0.25, 0.3) is 0 Å². The maximum absolute atomic E-state index is 14.8. The van der Waals surface area contributed by atoms with E-state index in [1.165, 1.54) is 0 Å². The summed E-state index contributed by atoms with van der Waals surface area (Å²) in [4.78, 5) is 3.50. The van der Waals surface area contributed by atoms with E-state index in [4.69, 9.17) is 4.74 Å². The predicted octanol–water partition coefficient (Wildman–Crippen LogP) is 4.09. The summed E-state index contributed by atoms with van der Waals surface area (Å²) in [5.41, 5.74) is 0. The Kier molecular flexibility index (Phi) is 5.37. The second-order valence-electron chi connectivity index (χ2n) is 6.37. The molecule has 0 aliphatic carbocycles. The number of rotatable bonds is 5. The van der Waals surface area contributed by atoms with Crippen molar-refractivity contribution in [3.63, 3.8) is 0 Å². The van der Waals surface area contributed by atoms with Crippen molar-refractivity contribution in [2.45, 2.75) is 5.78 Å². The van der Waals surface area contributed by atoms with E-state index in [1.54, 1.807) is 11.3 Å². The summed E-state index contributed by atoms with van der Waals surface area (Å²) in [6, 6.07) is 24.1. The molecule has 0 amide bonds. The Balaban J connectivity index is 1.91. The third kappa shape index (κ3) is 3.30. The van der Waals surface area contributed by atoms with Crippen molar-refractivity contribution in [2.75, 3.05) is 26.3 Å².